The van der Waals surface area contributed by atoms with Crippen molar-refractivity contribution in [1.29, 1.82) is 0 Å². The molecule has 2 nitrogen and oxygen atoms in total. The molecule has 0 aliphatic carbocycles. The van der Waals surface area contributed by atoms with Crippen molar-refractivity contribution in [3.63, 3.8) is 0 Å². The Bertz CT molecular complexity index is 364. The van der Waals surface area contributed by atoms with Gasteiger partial charge in [-0.3, -0.25) is 4.90 Å². The molecule has 0 spiro atoms. The number of benzene rings is 1. The number of aliphatic hydroxyl groups is 1. The summed E-state index contributed by atoms with van der Waals surface area (Å²) >= 11 is 0. The van der Waals surface area contributed by atoms with Gasteiger partial charge < -0.3 is 5.11 Å². The summed E-state index contributed by atoms with van der Waals surface area (Å²) in [4.78, 5) is 2.04. The highest BCUT2D eigenvalue weighted by Gasteiger charge is 2.25. The summed E-state index contributed by atoms with van der Waals surface area (Å²) in [7, 11) is 0. The van der Waals surface area contributed by atoms with Crippen molar-refractivity contribution in [1.82, 2.24) is 4.90 Å². The van der Waals surface area contributed by atoms with Crippen LogP contribution in [0.3, 0.4) is 0 Å². The van der Waals surface area contributed by atoms with E-state index in [1.54, 1.807) is 0 Å². The third-order valence-electron chi connectivity index (χ3n) is 3.08. The number of rotatable bonds is 3. The summed E-state index contributed by atoms with van der Waals surface area (Å²) in [5, 5.41) is 9.33. The zero-order chi connectivity index (χ0) is 11.5. The predicted molar refractivity (Wildman–Crippen MR) is 57.0 cm³/mol. The van der Waals surface area contributed by atoms with E-state index in [0.717, 1.165) is 32.0 Å². The first-order valence-electron chi connectivity index (χ1n) is 5.52. The highest BCUT2D eigenvalue weighted by Crippen LogP contribution is 2.26. The van der Waals surface area contributed by atoms with Gasteiger partial charge in [-0.25, -0.2) is 8.78 Å². The van der Waals surface area contributed by atoms with E-state index in [1.165, 1.54) is 12.1 Å². The molecule has 0 aromatic heterocycles. The van der Waals surface area contributed by atoms with Crippen molar-refractivity contribution in [2.45, 2.75) is 18.9 Å². The molecule has 1 aliphatic heterocycles. The molecule has 16 heavy (non-hydrogen) atoms. The molecule has 1 N–H and O–H groups in total. The van der Waals surface area contributed by atoms with Crippen LogP contribution in [0.1, 0.15) is 24.4 Å². The monoisotopic (exact) mass is 227 g/mol. The summed E-state index contributed by atoms with van der Waals surface area (Å²) in [5.41, 5.74) is 0.380. The van der Waals surface area contributed by atoms with Gasteiger partial charge in [-0.15, -0.1) is 0 Å². The first-order valence-corrected chi connectivity index (χ1v) is 5.52. The molecule has 4 heteroatoms. The van der Waals surface area contributed by atoms with Crippen molar-refractivity contribution >= 4 is 0 Å². The van der Waals surface area contributed by atoms with Crippen LogP contribution >= 0.6 is 0 Å². The van der Waals surface area contributed by atoms with Gasteiger partial charge in [0, 0.05) is 11.6 Å². The van der Waals surface area contributed by atoms with Crippen LogP contribution in [-0.2, 0) is 0 Å². The van der Waals surface area contributed by atoms with Crippen LogP contribution in [0.2, 0.25) is 0 Å². The Morgan fingerprint density at radius 2 is 1.94 bits per heavy atom. The quantitative estimate of drug-likeness (QED) is 0.854. The van der Waals surface area contributed by atoms with Crippen molar-refractivity contribution in [3.05, 3.63) is 35.4 Å². The van der Waals surface area contributed by atoms with Gasteiger partial charge in [-0.05, 0) is 32.0 Å². The van der Waals surface area contributed by atoms with Gasteiger partial charge >= 0.3 is 0 Å². The first-order chi connectivity index (χ1) is 7.72. The Morgan fingerprint density at radius 1 is 1.25 bits per heavy atom. The molecule has 1 heterocycles. The molecule has 0 saturated carbocycles. The van der Waals surface area contributed by atoms with Crippen LogP contribution in [0.5, 0.6) is 0 Å². The fraction of sp³-hybridized carbons (Fsp3) is 0.500. The van der Waals surface area contributed by atoms with Gasteiger partial charge in [-0.1, -0.05) is 6.07 Å². The third kappa shape index (κ3) is 2.23. The zero-order valence-electron chi connectivity index (χ0n) is 9.00. The molecule has 0 radical (unpaired) electrons. The molecule has 88 valence electrons. The lowest BCUT2D eigenvalue weighted by atomic mass is 10.1. The first kappa shape index (κ1) is 11.5. The number of likely N-dealkylation sites (tertiary alicyclic amines) is 1. The largest absolute Gasteiger partial charge is 0.394 e. The lowest BCUT2D eigenvalue weighted by Crippen LogP contribution is -2.29. The Balaban J connectivity index is 2.25. The molecule has 1 saturated heterocycles. The summed E-state index contributed by atoms with van der Waals surface area (Å²) in [6.45, 7) is 1.59. The second-order valence-electron chi connectivity index (χ2n) is 4.11. The molecule has 0 unspecified atom stereocenters. The maximum Gasteiger partial charge on any atom is 0.130 e. The van der Waals surface area contributed by atoms with Crippen LogP contribution in [0.15, 0.2) is 18.2 Å². The zero-order valence-corrected chi connectivity index (χ0v) is 9.00. The van der Waals surface area contributed by atoms with Gasteiger partial charge in [0.15, 0.2) is 0 Å². The molecule has 1 aromatic rings. The molecule has 1 atom stereocenters. The number of halogens is 2. The molecule has 1 aliphatic rings. The molecular formula is C12H15F2NO. The summed E-state index contributed by atoms with van der Waals surface area (Å²) in [6.07, 6.45) is 2.14. The second kappa shape index (κ2) is 4.89. The van der Waals surface area contributed by atoms with Gasteiger partial charge in [0.1, 0.15) is 11.6 Å². The van der Waals surface area contributed by atoms with Gasteiger partial charge in [0.05, 0.1) is 12.6 Å². The number of nitrogens with zero attached hydrogens (tertiary/aromatic N) is 1. The minimum atomic E-state index is -0.584. The van der Waals surface area contributed by atoms with Crippen LogP contribution in [0, 0.1) is 11.6 Å². The van der Waals surface area contributed by atoms with E-state index in [-0.39, 0.29) is 12.6 Å². The summed E-state index contributed by atoms with van der Waals surface area (Å²) in [5.74, 6) is -1.16. The van der Waals surface area contributed by atoms with Gasteiger partial charge in [0.2, 0.25) is 0 Å². The normalized spacial score (nSPS) is 18.9. The van der Waals surface area contributed by atoms with E-state index in [0.29, 0.717) is 5.56 Å². The van der Waals surface area contributed by atoms with E-state index < -0.39 is 11.6 Å². The highest BCUT2D eigenvalue weighted by atomic mass is 19.1. The molecule has 1 fully saturated rings. The Morgan fingerprint density at radius 3 is 2.50 bits per heavy atom. The third-order valence-corrected chi connectivity index (χ3v) is 3.08. The van der Waals surface area contributed by atoms with E-state index in [9.17, 15) is 13.9 Å². The van der Waals surface area contributed by atoms with E-state index >= 15 is 0 Å². The lowest BCUT2D eigenvalue weighted by molar-refractivity contribution is 0.144. The van der Waals surface area contributed by atoms with Gasteiger partial charge in [-0.2, -0.15) is 0 Å². The molecular weight excluding hydrogens is 212 g/mol. The average Bonchev–Trinajstić information content (AvgIpc) is 2.75. The SMILES string of the molecule is OC[C@@H](c1ccc(F)cc1F)N1CCCC1. The van der Waals surface area contributed by atoms with Crippen LogP contribution in [-0.4, -0.2) is 29.7 Å². The Labute approximate surface area is 93.5 Å². The summed E-state index contributed by atoms with van der Waals surface area (Å²) < 4.78 is 26.3. The van der Waals surface area contributed by atoms with Crippen LogP contribution in [0.25, 0.3) is 0 Å². The second-order valence-corrected chi connectivity index (χ2v) is 4.11. The minimum absolute atomic E-state index is 0.136. The standard InChI is InChI=1S/C12H15F2NO/c13-9-3-4-10(11(14)7-9)12(8-16)15-5-1-2-6-15/h3-4,7,12,16H,1-2,5-6,8H2/t12-/m0/s1. The fourth-order valence-corrected chi connectivity index (χ4v) is 2.24. The van der Waals surface area contributed by atoms with Crippen LogP contribution < -0.4 is 0 Å². The minimum Gasteiger partial charge on any atom is -0.394 e. The lowest BCUT2D eigenvalue weighted by Gasteiger charge is -2.26. The molecule has 0 bridgehead atoms. The maximum absolute atomic E-state index is 13.6. The van der Waals surface area contributed by atoms with Crippen molar-refractivity contribution in [3.8, 4) is 0 Å². The molecule has 2 rings (SSSR count). The smallest absolute Gasteiger partial charge is 0.130 e. The molecule has 0 amide bonds. The van der Waals surface area contributed by atoms with Crippen LogP contribution in [0.4, 0.5) is 8.78 Å². The van der Waals surface area contributed by atoms with Crippen molar-refractivity contribution < 1.29 is 13.9 Å². The van der Waals surface area contributed by atoms with Crippen molar-refractivity contribution in [2.75, 3.05) is 19.7 Å². The van der Waals surface area contributed by atoms with Crippen molar-refractivity contribution in [2.24, 2.45) is 0 Å². The highest BCUT2D eigenvalue weighted by molar-refractivity contribution is 5.22. The fourth-order valence-electron chi connectivity index (χ4n) is 2.24. The predicted octanol–water partition coefficient (Wildman–Crippen LogP) is 2.09. The number of hydrogen-bond donors (Lipinski definition) is 1. The van der Waals surface area contributed by atoms with E-state index in [4.69, 9.17) is 0 Å². The average molecular weight is 227 g/mol. The number of hydrogen-bond acceptors (Lipinski definition) is 2. The number of aliphatic hydroxyl groups excluding tert-OH is 1. The van der Waals surface area contributed by atoms with E-state index in [2.05, 4.69) is 0 Å². The maximum atomic E-state index is 13.6. The van der Waals surface area contributed by atoms with Gasteiger partial charge in [0.25, 0.3) is 0 Å². The summed E-state index contributed by atoms with van der Waals surface area (Å²) in [6, 6.07) is 3.18. The topological polar surface area (TPSA) is 23.5 Å². The van der Waals surface area contributed by atoms with E-state index in [1.807, 2.05) is 4.90 Å². The molecule has 1 aromatic carbocycles. The Kier molecular flexibility index (Phi) is 3.51. The Hall–Kier alpha value is -1.00.